The van der Waals surface area contributed by atoms with E-state index in [1.165, 1.54) is 12.1 Å². The SMILES string of the molecule is Cc1ccc(C(c2ccc(C(F)(F)F)cc2)N2CCCCC2C(=O)O)cc1. The third kappa shape index (κ3) is 4.33. The van der Waals surface area contributed by atoms with Gasteiger partial charge in [-0.25, -0.2) is 0 Å². The second-order valence-corrected chi connectivity index (χ2v) is 7.02. The standard InChI is InChI=1S/C21H22F3NO2/c1-14-5-7-15(8-6-14)19(25-13-3-2-4-18(25)20(26)27)16-9-11-17(12-10-16)21(22,23)24/h5-12,18-19H,2-4,13H2,1H3,(H,26,27). The van der Waals surface area contributed by atoms with Crippen LogP contribution in [-0.2, 0) is 11.0 Å². The molecular weight excluding hydrogens is 355 g/mol. The summed E-state index contributed by atoms with van der Waals surface area (Å²) in [4.78, 5) is 13.7. The Labute approximate surface area is 156 Å². The van der Waals surface area contributed by atoms with E-state index in [-0.39, 0.29) is 0 Å². The number of aliphatic carboxylic acids is 1. The van der Waals surface area contributed by atoms with Crippen LogP contribution < -0.4 is 0 Å². The third-order valence-corrected chi connectivity index (χ3v) is 5.11. The van der Waals surface area contributed by atoms with Crippen molar-refractivity contribution >= 4 is 5.97 Å². The number of aryl methyl sites for hydroxylation is 1. The summed E-state index contributed by atoms with van der Waals surface area (Å²) in [5, 5.41) is 9.66. The number of piperidine rings is 1. The lowest BCUT2D eigenvalue weighted by Gasteiger charge is -2.39. The van der Waals surface area contributed by atoms with Crippen molar-refractivity contribution in [2.24, 2.45) is 0 Å². The van der Waals surface area contributed by atoms with Gasteiger partial charge in [0.2, 0.25) is 0 Å². The van der Waals surface area contributed by atoms with Crippen LogP contribution in [0, 0.1) is 6.92 Å². The van der Waals surface area contributed by atoms with Gasteiger partial charge in [-0.3, -0.25) is 9.69 Å². The molecule has 0 aromatic heterocycles. The first-order valence-corrected chi connectivity index (χ1v) is 8.99. The van der Waals surface area contributed by atoms with Crippen LogP contribution in [0.5, 0.6) is 0 Å². The van der Waals surface area contributed by atoms with Crippen LogP contribution in [-0.4, -0.2) is 28.6 Å². The molecule has 144 valence electrons. The lowest BCUT2D eigenvalue weighted by atomic mass is 9.91. The van der Waals surface area contributed by atoms with Crippen LogP contribution in [0.1, 0.15) is 47.6 Å². The largest absolute Gasteiger partial charge is 0.480 e. The van der Waals surface area contributed by atoms with E-state index in [1.54, 1.807) is 0 Å². The van der Waals surface area contributed by atoms with E-state index in [2.05, 4.69) is 0 Å². The number of halogens is 3. The molecule has 1 aliphatic heterocycles. The zero-order valence-corrected chi connectivity index (χ0v) is 15.0. The number of hydrogen-bond acceptors (Lipinski definition) is 2. The topological polar surface area (TPSA) is 40.5 Å². The van der Waals surface area contributed by atoms with Gasteiger partial charge in [0.15, 0.2) is 0 Å². The van der Waals surface area contributed by atoms with Crippen molar-refractivity contribution in [1.29, 1.82) is 0 Å². The lowest BCUT2D eigenvalue weighted by Crippen LogP contribution is -2.46. The van der Waals surface area contributed by atoms with Gasteiger partial charge < -0.3 is 5.11 Å². The van der Waals surface area contributed by atoms with Crippen molar-refractivity contribution in [2.75, 3.05) is 6.54 Å². The fraction of sp³-hybridized carbons (Fsp3) is 0.381. The molecule has 1 heterocycles. The van der Waals surface area contributed by atoms with Gasteiger partial charge >= 0.3 is 12.1 Å². The molecule has 6 heteroatoms. The van der Waals surface area contributed by atoms with Crippen LogP contribution in [0.4, 0.5) is 13.2 Å². The number of rotatable bonds is 4. The first kappa shape index (κ1) is 19.4. The van der Waals surface area contributed by atoms with Crippen LogP contribution >= 0.6 is 0 Å². The quantitative estimate of drug-likeness (QED) is 0.811. The number of nitrogens with zero attached hydrogens (tertiary/aromatic N) is 1. The predicted molar refractivity (Wildman–Crippen MR) is 96.4 cm³/mol. The second kappa shape index (κ2) is 7.72. The van der Waals surface area contributed by atoms with E-state index < -0.39 is 29.8 Å². The number of alkyl halides is 3. The first-order valence-electron chi connectivity index (χ1n) is 8.99. The average Bonchev–Trinajstić information content (AvgIpc) is 2.63. The minimum Gasteiger partial charge on any atom is -0.480 e. The number of carboxylic acids is 1. The Morgan fingerprint density at radius 2 is 1.59 bits per heavy atom. The smallest absolute Gasteiger partial charge is 0.416 e. The zero-order valence-electron chi connectivity index (χ0n) is 15.0. The van der Waals surface area contributed by atoms with Crippen molar-refractivity contribution in [3.05, 3.63) is 70.8 Å². The van der Waals surface area contributed by atoms with E-state index >= 15 is 0 Å². The van der Waals surface area contributed by atoms with Crippen LogP contribution in [0.3, 0.4) is 0 Å². The molecule has 1 saturated heterocycles. The minimum absolute atomic E-state index is 0.394. The van der Waals surface area contributed by atoms with Crippen LogP contribution in [0.2, 0.25) is 0 Å². The van der Waals surface area contributed by atoms with Gasteiger partial charge in [0, 0.05) is 0 Å². The maximum Gasteiger partial charge on any atom is 0.416 e. The van der Waals surface area contributed by atoms with E-state index in [0.717, 1.165) is 36.1 Å². The van der Waals surface area contributed by atoms with Crippen LogP contribution in [0.25, 0.3) is 0 Å². The van der Waals surface area contributed by atoms with Gasteiger partial charge in [-0.15, -0.1) is 0 Å². The molecule has 3 nitrogen and oxygen atoms in total. The van der Waals surface area contributed by atoms with Crippen molar-refractivity contribution in [3.8, 4) is 0 Å². The molecule has 0 radical (unpaired) electrons. The van der Waals surface area contributed by atoms with Crippen molar-refractivity contribution in [2.45, 2.75) is 44.4 Å². The number of hydrogen-bond donors (Lipinski definition) is 1. The minimum atomic E-state index is -4.40. The van der Waals surface area contributed by atoms with Gasteiger partial charge in [0.05, 0.1) is 11.6 Å². The molecule has 2 aromatic carbocycles. The molecule has 2 atom stereocenters. The summed E-state index contributed by atoms with van der Waals surface area (Å²) in [6.07, 6.45) is -2.15. The van der Waals surface area contributed by atoms with Gasteiger partial charge in [0.25, 0.3) is 0 Å². The third-order valence-electron chi connectivity index (χ3n) is 5.11. The highest BCUT2D eigenvalue weighted by molar-refractivity contribution is 5.73. The number of benzene rings is 2. The summed E-state index contributed by atoms with van der Waals surface area (Å²) >= 11 is 0. The molecule has 1 fully saturated rings. The normalized spacial score (nSPS) is 19.6. The first-order chi connectivity index (χ1) is 12.8. The Morgan fingerprint density at radius 1 is 1.04 bits per heavy atom. The summed E-state index contributed by atoms with van der Waals surface area (Å²) in [6.45, 7) is 2.55. The lowest BCUT2D eigenvalue weighted by molar-refractivity contribution is -0.145. The Hall–Kier alpha value is -2.34. The molecule has 2 unspecified atom stereocenters. The van der Waals surface area contributed by atoms with Crippen LogP contribution in [0.15, 0.2) is 48.5 Å². The summed E-state index contributed by atoms with van der Waals surface area (Å²) in [7, 11) is 0. The van der Waals surface area contributed by atoms with E-state index in [0.29, 0.717) is 18.5 Å². The summed E-state index contributed by atoms with van der Waals surface area (Å²) in [6, 6.07) is 11.7. The van der Waals surface area contributed by atoms with E-state index in [1.807, 2.05) is 36.1 Å². The molecule has 0 aliphatic carbocycles. The highest BCUT2D eigenvalue weighted by Crippen LogP contribution is 2.36. The summed E-state index contributed by atoms with van der Waals surface area (Å²) in [5.41, 5.74) is 1.91. The summed E-state index contributed by atoms with van der Waals surface area (Å²) < 4.78 is 38.8. The van der Waals surface area contributed by atoms with Crippen molar-refractivity contribution < 1.29 is 23.1 Å². The average molecular weight is 377 g/mol. The van der Waals surface area contributed by atoms with Gasteiger partial charge in [-0.1, -0.05) is 48.4 Å². The molecule has 3 rings (SSSR count). The molecular formula is C21H22F3NO2. The zero-order chi connectivity index (χ0) is 19.6. The van der Waals surface area contributed by atoms with Crippen molar-refractivity contribution in [3.63, 3.8) is 0 Å². The maximum absolute atomic E-state index is 12.9. The summed E-state index contributed by atoms with van der Waals surface area (Å²) in [5.74, 6) is -0.890. The Bertz CT molecular complexity index is 785. The Morgan fingerprint density at radius 3 is 2.11 bits per heavy atom. The molecule has 0 spiro atoms. The molecule has 1 N–H and O–H groups in total. The number of carbonyl (C=O) groups is 1. The monoisotopic (exact) mass is 377 g/mol. The fourth-order valence-electron chi connectivity index (χ4n) is 3.71. The Kier molecular flexibility index (Phi) is 5.56. The second-order valence-electron chi connectivity index (χ2n) is 7.02. The molecule has 27 heavy (non-hydrogen) atoms. The van der Waals surface area contributed by atoms with Gasteiger partial charge in [0.1, 0.15) is 6.04 Å². The Balaban J connectivity index is 2.04. The predicted octanol–water partition coefficient (Wildman–Crippen LogP) is 5.04. The van der Waals surface area contributed by atoms with Gasteiger partial charge in [-0.2, -0.15) is 13.2 Å². The van der Waals surface area contributed by atoms with Crippen molar-refractivity contribution in [1.82, 2.24) is 4.90 Å². The molecule has 0 saturated carbocycles. The van der Waals surface area contributed by atoms with E-state index in [4.69, 9.17) is 0 Å². The highest BCUT2D eigenvalue weighted by Gasteiger charge is 2.36. The maximum atomic E-state index is 12.9. The number of carboxylic acid groups (broad SMARTS) is 1. The fourth-order valence-corrected chi connectivity index (χ4v) is 3.71. The van der Waals surface area contributed by atoms with Gasteiger partial charge in [-0.05, 0) is 49.6 Å². The van der Waals surface area contributed by atoms with E-state index in [9.17, 15) is 23.1 Å². The molecule has 1 aliphatic rings. The highest BCUT2D eigenvalue weighted by atomic mass is 19.4. The number of likely N-dealkylation sites (tertiary alicyclic amines) is 1. The molecule has 0 bridgehead atoms. The molecule has 2 aromatic rings. The molecule has 0 amide bonds.